The molecule has 0 fully saturated rings. The van der Waals surface area contributed by atoms with Crippen LogP contribution in [-0.4, -0.2) is 6.18 Å². The second-order valence-corrected chi connectivity index (χ2v) is 4.71. The highest BCUT2D eigenvalue weighted by molar-refractivity contribution is 7.11. The largest absolute Gasteiger partial charge is 0.389 e. The van der Waals surface area contributed by atoms with Crippen molar-refractivity contribution in [1.29, 1.82) is 0 Å². The van der Waals surface area contributed by atoms with E-state index in [1.807, 2.05) is 19.1 Å². The van der Waals surface area contributed by atoms with Gasteiger partial charge < -0.3 is 0 Å². The fraction of sp³-hybridized carbons (Fsp3) is 0.600. The minimum Gasteiger partial charge on any atom is -0.171 e. The third kappa shape index (κ3) is 4.65. The van der Waals surface area contributed by atoms with Crippen molar-refractivity contribution in [3.8, 4) is 0 Å². The first-order valence-corrected chi connectivity index (χ1v) is 5.41. The lowest BCUT2D eigenvalue weighted by Crippen LogP contribution is -2.06. The molecule has 0 bridgehead atoms. The van der Waals surface area contributed by atoms with Gasteiger partial charge in [0.15, 0.2) is 0 Å². The topological polar surface area (TPSA) is 0 Å². The van der Waals surface area contributed by atoms with Gasteiger partial charge in [0, 0.05) is 16.2 Å². The predicted molar refractivity (Wildman–Crippen MR) is 52.7 cm³/mol. The van der Waals surface area contributed by atoms with Gasteiger partial charge in [-0.05, 0) is 38.3 Å². The molecule has 0 amide bonds. The van der Waals surface area contributed by atoms with Gasteiger partial charge in [0.05, 0.1) is 0 Å². The summed E-state index contributed by atoms with van der Waals surface area (Å²) in [6, 6.07) is 4.00. The van der Waals surface area contributed by atoms with Crippen molar-refractivity contribution in [2.24, 2.45) is 0 Å². The molecule has 1 aromatic rings. The summed E-state index contributed by atoms with van der Waals surface area (Å²) in [5, 5.41) is 0. The number of hydrogen-bond donors (Lipinski definition) is 0. The van der Waals surface area contributed by atoms with Crippen LogP contribution in [0.5, 0.6) is 0 Å². The molecule has 1 aromatic heterocycles. The van der Waals surface area contributed by atoms with E-state index in [0.717, 1.165) is 6.42 Å². The molecular formula is C10H13F3S. The second-order valence-electron chi connectivity index (χ2n) is 3.33. The molecule has 14 heavy (non-hydrogen) atoms. The van der Waals surface area contributed by atoms with Crippen LogP contribution >= 0.6 is 11.3 Å². The molecule has 1 rings (SSSR count). The maximum atomic E-state index is 11.8. The van der Waals surface area contributed by atoms with Crippen molar-refractivity contribution in [1.82, 2.24) is 0 Å². The van der Waals surface area contributed by atoms with E-state index < -0.39 is 12.6 Å². The number of hydrogen-bond acceptors (Lipinski definition) is 1. The van der Waals surface area contributed by atoms with Gasteiger partial charge in [-0.15, -0.1) is 11.3 Å². The molecule has 0 nitrogen and oxygen atoms in total. The van der Waals surface area contributed by atoms with Crippen LogP contribution in [0.15, 0.2) is 12.1 Å². The van der Waals surface area contributed by atoms with E-state index in [1.165, 1.54) is 9.75 Å². The average molecular weight is 222 g/mol. The van der Waals surface area contributed by atoms with E-state index in [4.69, 9.17) is 0 Å². The van der Waals surface area contributed by atoms with Crippen LogP contribution in [0.4, 0.5) is 13.2 Å². The summed E-state index contributed by atoms with van der Waals surface area (Å²) in [5.41, 5.74) is 0. The lowest BCUT2D eigenvalue weighted by Gasteiger charge is -2.04. The first-order chi connectivity index (χ1) is 6.47. The zero-order valence-corrected chi connectivity index (χ0v) is 8.84. The molecule has 0 unspecified atom stereocenters. The smallest absolute Gasteiger partial charge is 0.171 e. The Kier molecular flexibility index (Phi) is 3.98. The van der Waals surface area contributed by atoms with E-state index in [1.54, 1.807) is 11.3 Å². The molecule has 0 aliphatic heterocycles. The van der Waals surface area contributed by atoms with Crippen molar-refractivity contribution in [3.05, 3.63) is 21.9 Å². The molecule has 0 aliphatic carbocycles. The third-order valence-corrected chi connectivity index (χ3v) is 2.99. The summed E-state index contributed by atoms with van der Waals surface area (Å²) in [7, 11) is 0. The van der Waals surface area contributed by atoms with Gasteiger partial charge in [-0.1, -0.05) is 0 Å². The molecular weight excluding hydrogens is 209 g/mol. The van der Waals surface area contributed by atoms with E-state index in [0.29, 0.717) is 6.42 Å². The summed E-state index contributed by atoms with van der Waals surface area (Å²) in [6.45, 7) is 2.00. The number of unbranched alkanes of at least 4 members (excludes halogenated alkanes) is 1. The minimum absolute atomic E-state index is 0.237. The van der Waals surface area contributed by atoms with Crippen LogP contribution in [0.1, 0.15) is 29.0 Å². The molecule has 0 radical (unpaired) electrons. The maximum absolute atomic E-state index is 11.8. The Balaban J connectivity index is 2.16. The monoisotopic (exact) mass is 222 g/mol. The van der Waals surface area contributed by atoms with Crippen molar-refractivity contribution in [2.75, 3.05) is 0 Å². The zero-order valence-electron chi connectivity index (χ0n) is 8.03. The molecule has 0 spiro atoms. The van der Waals surface area contributed by atoms with Crippen molar-refractivity contribution in [2.45, 2.75) is 38.8 Å². The number of alkyl halides is 3. The summed E-state index contributed by atoms with van der Waals surface area (Å²) < 4.78 is 35.4. The van der Waals surface area contributed by atoms with Crippen LogP contribution < -0.4 is 0 Å². The standard InChI is InChI=1S/C10H13F3S/c1-8-5-6-9(14-8)4-2-3-7-10(11,12)13/h5-6H,2-4,7H2,1H3. The fourth-order valence-corrected chi connectivity index (χ4v) is 2.18. The van der Waals surface area contributed by atoms with Crippen LogP contribution in [-0.2, 0) is 6.42 Å². The van der Waals surface area contributed by atoms with E-state index in [-0.39, 0.29) is 6.42 Å². The Labute approximate surface area is 85.8 Å². The fourth-order valence-electron chi connectivity index (χ4n) is 1.24. The Morgan fingerprint density at radius 3 is 2.43 bits per heavy atom. The molecule has 1 heterocycles. The zero-order chi connectivity index (χ0) is 10.6. The summed E-state index contributed by atoms with van der Waals surface area (Å²) >= 11 is 1.66. The van der Waals surface area contributed by atoms with Gasteiger partial charge in [0.25, 0.3) is 0 Å². The van der Waals surface area contributed by atoms with Gasteiger partial charge in [0.2, 0.25) is 0 Å². The number of thiophene rings is 1. The average Bonchev–Trinajstić information content (AvgIpc) is 2.44. The SMILES string of the molecule is Cc1ccc(CCCCC(F)(F)F)s1. The lowest BCUT2D eigenvalue weighted by atomic mass is 10.2. The van der Waals surface area contributed by atoms with Gasteiger partial charge in [0.1, 0.15) is 0 Å². The van der Waals surface area contributed by atoms with E-state index >= 15 is 0 Å². The number of rotatable bonds is 4. The van der Waals surface area contributed by atoms with Gasteiger partial charge in [-0.25, -0.2) is 0 Å². The molecule has 0 N–H and O–H groups in total. The molecule has 0 aromatic carbocycles. The highest BCUT2D eigenvalue weighted by atomic mass is 32.1. The maximum Gasteiger partial charge on any atom is 0.389 e. The van der Waals surface area contributed by atoms with Crippen molar-refractivity contribution in [3.63, 3.8) is 0 Å². The van der Waals surface area contributed by atoms with Crippen LogP contribution in [0.2, 0.25) is 0 Å². The molecule has 0 saturated heterocycles. The van der Waals surface area contributed by atoms with Gasteiger partial charge >= 0.3 is 6.18 Å². The van der Waals surface area contributed by atoms with Crippen LogP contribution in [0.25, 0.3) is 0 Å². The number of halogens is 3. The Morgan fingerprint density at radius 2 is 1.93 bits per heavy atom. The Hall–Kier alpha value is -0.510. The molecule has 0 saturated carbocycles. The summed E-state index contributed by atoms with van der Waals surface area (Å²) in [4.78, 5) is 2.40. The van der Waals surface area contributed by atoms with E-state index in [9.17, 15) is 13.2 Å². The Bertz CT molecular complexity index is 275. The molecule has 0 atom stereocenters. The highest BCUT2D eigenvalue weighted by Gasteiger charge is 2.25. The third-order valence-electron chi connectivity index (χ3n) is 1.93. The second kappa shape index (κ2) is 4.82. The summed E-state index contributed by atoms with van der Waals surface area (Å²) in [6.07, 6.45) is -3.02. The lowest BCUT2D eigenvalue weighted by molar-refractivity contribution is -0.135. The van der Waals surface area contributed by atoms with Crippen molar-refractivity contribution >= 4 is 11.3 Å². The first kappa shape index (κ1) is 11.6. The molecule has 0 aliphatic rings. The van der Waals surface area contributed by atoms with Gasteiger partial charge in [-0.3, -0.25) is 0 Å². The number of aryl methyl sites for hydroxylation is 2. The van der Waals surface area contributed by atoms with E-state index in [2.05, 4.69) is 0 Å². The van der Waals surface area contributed by atoms with Gasteiger partial charge in [-0.2, -0.15) is 13.2 Å². The van der Waals surface area contributed by atoms with Crippen LogP contribution in [0, 0.1) is 6.92 Å². The normalized spacial score (nSPS) is 12.0. The predicted octanol–water partition coefficient (Wildman–Crippen LogP) is 4.33. The Morgan fingerprint density at radius 1 is 1.21 bits per heavy atom. The molecule has 80 valence electrons. The quantitative estimate of drug-likeness (QED) is 0.665. The molecule has 4 heteroatoms. The summed E-state index contributed by atoms with van der Waals surface area (Å²) in [5.74, 6) is 0. The highest BCUT2D eigenvalue weighted by Crippen LogP contribution is 2.24. The minimum atomic E-state index is -3.99. The van der Waals surface area contributed by atoms with Crippen molar-refractivity contribution < 1.29 is 13.2 Å². The first-order valence-electron chi connectivity index (χ1n) is 4.59. The van der Waals surface area contributed by atoms with Crippen LogP contribution in [0.3, 0.4) is 0 Å².